The van der Waals surface area contributed by atoms with Crippen molar-refractivity contribution in [3.8, 4) is 5.75 Å². The van der Waals surface area contributed by atoms with Crippen molar-refractivity contribution in [2.45, 2.75) is 59.7 Å². The molecule has 0 bridgehead atoms. The van der Waals surface area contributed by atoms with Crippen LogP contribution in [-0.2, 0) is 16.1 Å². The van der Waals surface area contributed by atoms with E-state index in [1.54, 1.807) is 11.0 Å². The Balaban J connectivity index is 2.26. The molecule has 0 fully saturated rings. The zero-order valence-corrected chi connectivity index (χ0v) is 19.1. The van der Waals surface area contributed by atoms with E-state index in [2.05, 4.69) is 5.32 Å². The fourth-order valence-electron chi connectivity index (χ4n) is 3.20. The van der Waals surface area contributed by atoms with Crippen LogP contribution in [0.3, 0.4) is 0 Å². The van der Waals surface area contributed by atoms with Gasteiger partial charge in [0.2, 0.25) is 5.91 Å². The Bertz CT molecular complexity index is 883. The lowest BCUT2D eigenvalue weighted by molar-refractivity contribution is -0.143. The minimum Gasteiger partial charge on any atom is -0.483 e. The van der Waals surface area contributed by atoms with Gasteiger partial charge < -0.3 is 15.0 Å². The number of hydrogen-bond donors (Lipinski definition) is 1. The largest absolute Gasteiger partial charge is 0.483 e. The third kappa shape index (κ3) is 6.49. The van der Waals surface area contributed by atoms with E-state index in [1.165, 1.54) is 0 Å². The molecule has 6 heteroatoms. The predicted molar refractivity (Wildman–Crippen MR) is 121 cm³/mol. The van der Waals surface area contributed by atoms with Crippen LogP contribution in [0.4, 0.5) is 0 Å². The van der Waals surface area contributed by atoms with E-state index < -0.39 is 6.04 Å². The van der Waals surface area contributed by atoms with E-state index in [0.29, 0.717) is 17.2 Å². The lowest BCUT2D eigenvalue weighted by Gasteiger charge is -2.31. The summed E-state index contributed by atoms with van der Waals surface area (Å²) in [5, 5.41) is 3.47. The van der Waals surface area contributed by atoms with Gasteiger partial charge in [-0.1, -0.05) is 48.9 Å². The molecule has 2 rings (SSSR count). The quantitative estimate of drug-likeness (QED) is 0.629. The van der Waals surface area contributed by atoms with Gasteiger partial charge >= 0.3 is 0 Å². The van der Waals surface area contributed by atoms with Crippen LogP contribution in [0, 0.1) is 13.8 Å². The highest BCUT2D eigenvalue weighted by atomic mass is 35.5. The first-order valence-electron chi connectivity index (χ1n) is 10.3. The van der Waals surface area contributed by atoms with Gasteiger partial charge in [0.15, 0.2) is 6.61 Å². The van der Waals surface area contributed by atoms with E-state index in [4.69, 9.17) is 16.3 Å². The van der Waals surface area contributed by atoms with Gasteiger partial charge in [0, 0.05) is 17.6 Å². The molecule has 0 radical (unpaired) electrons. The molecule has 0 aliphatic carbocycles. The first kappa shape index (κ1) is 23.7. The lowest BCUT2D eigenvalue weighted by Crippen LogP contribution is -2.51. The van der Waals surface area contributed by atoms with E-state index in [-0.39, 0.29) is 31.0 Å². The highest BCUT2D eigenvalue weighted by Crippen LogP contribution is 2.22. The number of rotatable bonds is 9. The highest BCUT2D eigenvalue weighted by Gasteiger charge is 2.29. The minimum atomic E-state index is -0.613. The van der Waals surface area contributed by atoms with Crippen molar-refractivity contribution < 1.29 is 14.3 Å². The number of aryl methyl sites for hydroxylation is 2. The monoisotopic (exact) mass is 430 g/mol. The van der Waals surface area contributed by atoms with Crippen LogP contribution in [0.2, 0.25) is 5.02 Å². The number of carbonyl (C=O) groups excluding carboxylic acids is 2. The molecular formula is C24H31ClN2O3. The first-order chi connectivity index (χ1) is 14.2. The van der Waals surface area contributed by atoms with Gasteiger partial charge in [-0.05, 0) is 62.9 Å². The van der Waals surface area contributed by atoms with Crippen LogP contribution in [0.15, 0.2) is 42.5 Å². The number of halogens is 1. The van der Waals surface area contributed by atoms with Crippen molar-refractivity contribution in [2.24, 2.45) is 0 Å². The fraction of sp³-hybridized carbons (Fsp3) is 0.417. The smallest absolute Gasteiger partial charge is 0.261 e. The van der Waals surface area contributed by atoms with Crippen LogP contribution >= 0.6 is 11.6 Å². The number of nitrogens with one attached hydrogen (secondary N) is 1. The maximum Gasteiger partial charge on any atom is 0.261 e. The average molecular weight is 431 g/mol. The highest BCUT2D eigenvalue weighted by molar-refractivity contribution is 6.31. The van der Waals surface area contributed by atoms with Crippen molar-refractivity contribution in [1.29, 1.82) is 0 Å². The predicted octanol–water partition coefficient (Wildman–Crippen LogP) is 4.67. The van der Waals surface area contributed by atoms with Crippen molar-refractivity contribution in [3.63, 3.8) is 0 Å². The molecule has 2 amide bonds. The van der Waals surface area contributed by atoms with E-state index in [0.717, 1.165) is 16.7 Å². The summed E-state index contributed by atoms with van der Waals surface area (Å²) in [7, 11) is 0. The molecule has 0 spiro atoms. The van der Waals surface area contributed by atoms with Crippen LogP contribution in [0.5, 0.6) is 5.75 Å². The second-order valence-electron chi connectivity index (χ2n) is 7.76. The molecule has 5 nitrogen and oxygen atoms in total. The number of hydrogen-bond acceptors (Lipinski definition) is 3. The summed E-state index contributed by atoms with van der Waals surface area (Å²) in [5.74, 6) is 0.224. The molecule has 2 aromatic rings. The standard InChI is InChI=1S/C24H31ClN2O3/c1-6-21(24(29)26-16(2)3)27(14-19-9-7-8-10-20(19)25)23(28)15-30-22-13-17(4)11-12-18(22)5/h7-13,16,21H,6,14-15H2,1-5H3,(H,26,29)/t21-/m1/s1. The molecule has 0 saturated heterocycles. The number of nitrogens with zero attached hydrogens (tertiary/aromatic N) is 1. The van der Waals surface area contributed by atoms with Gasteiger partial charge in [0.25, 0.3) is 5.91 Å². The summed E-state index contributed by atoms with van der Waals surface area (Å²) in [5.41, 5.74) is 2.80. The molecule has 0 aromatic heterocycles. The Hall–Kier alpha value is -2.53. The Kier molecular flexibility index (Phi) is 8.72. The maximum atomic E-state index is 13.2. The normalized spacial score (nSPS) is 11.8. The van der Waals surface area contributed by atoms with Crippen LogP contribution in [-0.4, -0.2) is 35.4 Å². The fourth-order valence-corrected chi connectivity index (χ4v) is 3.39. The third-order valence-corrected chi connectivity index (χ3v) is 5.18. The SMILES string of the molecule is CC[C@H](C(=O)NC(C)C)N(Cc1ccccc1Cl)C(=O)COc1cc(C)ccc1C. The average Bonchev–Trinajstić information content (AvgIpc) is 2.69. The number of carbonyl (C=O) groups is 2. The topological polar surface area (TPSA) is 58.6 Å². The van der Waals surface area contributed by atoms with Crippen LogP contribution < -0.4 is 10.1 Å². The molecule has 0 saturated carbocycles. The molecule has 0 unspecified atom stereocenters. The van der Waals surface area contributed by atoms with Gasteiger partial charge in [-0.2, -0.15) is 0 Å². The Morgan fingerprint density at radius 2 is 1.83 bits per heavy atom. The van der Waals surface area contributed by atoms with Crippen molar-refractivity contribution in [1.82, 2.24) is 10.2 Å². The number of benzene rings is 2. The molecule has 1 atom stereocenters. The van der Waals surface area contributed by atoms with Crippen molar-refractivity contribution >= 4 is 23.4 Å². The summed E-state index contributed by atoms with van der Waals surface area (Å²) in [6.07, 6.45) is 0.484. The number of ether oxygens (including phenoxy) is 1. The molecule has 2 aromatic carbocycles. The van der Waals surface area contributed by atoms with E-state index in [1.807, 2.05) is 71.0 Å². The Labute approximate surface area is 184 Å². The third-order valence-electron chi connectivity index (χ3n) is 4.81. The number of amides is 2. The Morgan fingerprint density at radius 1 is 1.13 bits per heavy atom. The van der Waals surface area contributed by atoms with Crippen molar-refractivity contribution in [3.05, 3.63) is 64.2 Å². The molecule has 162 valence electrons. The van der Waals surface area contributed by atoms with Crippen molar-refractivity contribution in [2.75, 3.05) is 6.61 Å². The van der Waals surface area contributed by atoms with Crippen LogP contribution in [0.1, 0.15) is 43.9 Å². The molecule has 1 N–H and O–H groups in total. The molecule has 30 heavy (non-hydrogen) atoms. The molecule has 0 aliphatic rings. The maximum absolute atomic E-state index is 13.2. The van der Waals surface area contributed by atoms with Gasteiger partial charge in [0.1, 0.15) is 11.8 Å². The molecular weight excluding hydrogens is 400 g/mol. The van der Waals surface area contributed by atoms with E-state index in [9.17, 15) is 9.59 Å². The second-order valence-corrected chi connectivity index (χ2v) is 8.17. The zero-order chi connectivity index (χ0) is 22.3. The van der Waals surface area contributed by atoms with Crippen LogP contribution in [0.25, 0.3) is 0 Å². The molecule has 0 aliphatic heterocycles. The second kappa shape index (κ2) is 11.0. The first-order valence-corrected chi connectivity index (χ1v) is 10.6. The zero-order valence-electron chi connectivity index (χ0n) is 18.4. The minimum absolute atomic E-state index is 0.0185. The van der Waals surface area contributed by atoms with Gasteiger partial charge in [-0.15, -0.1) is 0 Å². The van der Waals surface area contributed by atoms with Gasteiger partial charge in [-0.3, -0.25) is 9.59 Å². The van der Waals surface area contributed by atoms with E-state index >= 15 is 0 Å². The summed E-state index contributed by atoms with van der Waals surface area (Å²) in [4.78, 5) is 27.6. The lowest BCUT2D eigenvalue weighted by atomic mass is 10.1. The van der Waals surface area contributed by atoms with Gasteiger partial charge in [0.05, 0.1) is 0 Å². The summed E-state index contributed by atoms with van der Waals surface area (Å²) < 4.78 is 5.83. The summed E-state index contributed by atoms with van der Waals surface area (Å²) >= 11 is 6.33. The summed E-state index contributed by atoms with van der Waals surface area (Å²) in [6, 6.07) is 12.6. The molecule has 0 heterocycles. The van der Waals surface area contributed by atoms with Gasteiger partial charge in [-0.25, -0.2) is 0 Å². The summed E-state index contributed by atoms with van der Waals surface area (Å²) in [6.45, 7) is 9.68. The Morgan fingerprint density at radius 3 is 2.47 bits per heavy atom.